The summed E-state index contributed by atoms with van der Waals surface area (Å²) in [6.45, 7) is 6.79. The van der Waals surface area contributed by atoms with E-state index in [-0.39, 0.29) is 11.4 Å². The van der Waals surface area contributed by atoms with Crippen molar-refractivity contribution in [3.8, 4) is 0 Å². The van der Waals surface area contributed by atoms with E-state index in [0.29, 0.717) is 24.3 Å². The van der Waals surface area contributed by atoms with Crippen molar-refractivity contribution in [1.29, 1.82) is 0 Å². The van der Waals surface area contributed by atoms with E-state index in [2.05, 4.69) is 13.8 Å². The number of rotatable bonds is 4. The number of carbonyl (C=O) groups is 2. The Morgan fingerprint density at radius 1 is 1.42 bits per heavy atom. The Hall–Kier alpha value is -0.910. The molecule has 1 saturated heterocycles. The number of urea groups is 1. The molecule has 0 spiro atoms. The van der Waals surface area contributed by atoms with Gasteiger partial charge in [0.05, 0.1) is 5.37 Å². The van der Waals surface area contributed by atoms with Crippen LogP contribution in [0.5, 0.6) is 0 Å². The number of carboxylic acids is 1. The molecule has 1 saturated carbocycles. The summed E-state index contributed by atoms with van der Waals surface area (Å²) in [5, 5.41) is 9.19. The number of nitrogens with zero attached hydrogens (tertiary/aromatic N) is 2. The van der Waals surface area contributed by atoms with Gasteiger partial charge in [-0.2, -0.15) is 0 Å². The molecule has 1 aliphatic heterocycles. The van der Waals surface area contributed by atoms with Crippen LogP contribution in [-0.2, 0) is 4.79 Å². The summed E-state index contributed by atoms with van der Waals surface area (Å²) in [5.74, 6) is -0.00789. The van der Waals surface area contributed by atoms with Gasteiger partial charge in [-0.3, -0.25) is 4.90 Å². The van der Waals surface area contributed by atoms with Crippen LogP contribution >= 0.6 is 11.8 Å². The topological polar surface area (TPSA) is 60.9 Å². The Bertz CT molecular complexity index is 371. The number of hydrogen-bond acceptors (Lipinski definition) is 3. The lowest BCUT2D eigenvalue weighted by Crippen LogP contribution is -2.52. The summed E-state index contributed by atoms with van der Waals surface area (Å²) in [4.78, 5) is 27.4. The Morgan fingerprint density at radius 3 is 2.53 bits per heavy atom. The number of amides is 2. The molecule has 5 nitrogen and oxygen atoms in total. The largest absolute Gasteiger partial charge is 0.480 e. The maximum Gasteiger partial charge on any atom is 0.327 e. The first-order valence-corrected chi connectivity index (χ1v) is 7.90. The Balaban J connectivity index is 2.12. The van der Waals surface area contributed by atoms with Crippen LogP contribution in [0.3, 0.4) is 0 Å². The van der Waals surface area contributed by atoms with Gasteiger partial charge >= 0.3 is 12.0 Å². The van der Waals surface area contributed by atoms with Gasteiger partial charge in [0.25, 0.3) is 0 Å². The van der Waals surface area contributed by atoms with E-state index in [1.807, 2.05) is 11.8 Å². The third-order valence-corrected chi connectivity index (χ3v) is 4.74. The first kappa shape index (κ1) is 14.5. The summed E-state index contributed by atoms with van der Waals surface area (Å²) < 4.78 is 0. The molecular formula is C13H22N2O3S. The third kappa shape index (κ3) is 3.16. The molecule has 2 amide bonds. The third-order valence-electron chi connectivity index (χ3n) is 3.52. The molecule has 0 aromatic rings. The van der Waals surface area contributed by atoms with Crippen LogP contribution in [0.2, 0.25) is 0 Å². The summed E-state index contributed by atoms with van der Waals surface area (Å²) >= 11 is 1.54. The zero-order valence-corrected chi connectivity index (χ0v) is 12.5. The van der Waals surface area contributed by atoms with Crippen LogP contribution in [0.25, 0.3) is 0 Å². The van der Waals surface area contributed by atoms with Crippen LogP contribution in [0.15, 0.2) is 0 Å². The van der Waals surface area contributed by atoms with Crippen molar-refractivity contribution in [2.75, 3.05) is 12.3 Å². The molecule has 0 aromatic heterocycles. The molecule has 2 rings (SSSR count). The molecule has 19 heavy (non-hydrogen) atoms. The second-order valence-corrected chi connectivity index (χ2v) is 7.10. The average molecular weight is 286 g/mol. The molecule has 6 heteroatoms. The van der Waals surface area contributed by atoms with Crippen LogP contribution in [0, 0.1) is 5.92 Å². The normalized spacial score (nSPS) is 26.8. The van der Waals surface area contributed by atoms with Gasteiger partial charge in [0.2, 0.25) is 0 Å². The van der Waals surface area contributed by atoms with E-state index in [0.717, 1.165) is 12.8 Å². The van der Waals surface area contributed by atoms with Crippen molar-refractivity contribution in [2.45, 2.75) is 51.1 Å². The number of carboxylic acid groups (broad SMARTS) is 1. The van der Waals surface area contributed by atoms with Gasteiger partial charge in [0.1, 0.15) is 6.04 Å². The van der Waals surface area contributed by atoms with Gasteiger partial charge < -0.3 is 10.0 Å². The van der Waals surface area contributed by atoms with E-state index in [9.17, 15) is 14.7 Å². The fraction of sp³-hybridized carbons (Fsp3) is 0.846. The lowest BCUT2D eigenvalue weighted by molar-refractivity contribution is -0.141. The molecule has 2 unspecified atom stereocenters. The van der Waals surface area contributed by atoms with Crippen LogP contribution in [0.4, 0.5) is 4.79 Å². The van der Waals surface area contributed by atoms with E-state index < -0.39 is 12.0 Å². The molecule has 2 atom stereocenters. The zero-order valence-electron chi connectivity index (χ0n) is 11.7. The van der Waals surface area contributed by atoms with Crippen LogP contribution in [-0.4, -0.2) is 56.7 Å². The van der Waals surface area contributed by atoms with Crippen molar-refractivity contribution < 1.29 is 14.7 Å². The predicted octanol–water partition coefficient (Wildman–Crippen LogP) is 2.07. The van der Waals surface area contributed by atoms with Crippen molar-refractivity contribution in [2.24, 2.45) is 5.92 Å². The summed E-state index contributed by atoms with van der Waals surface area (Å²) in [6, 6.07) is -0.454. The average Bonchev–Trinajstić information content (AvgIpc) is 3.07. The van der Waals surface area contributed by atoms with Crippen molar-refractivity contribution in [1.82, 2.24) is 9.80 Å². The van der Waals surface area contributed by atoms with Gasteiger partial charge in [0.15, 0.2) is 0 Å². The molecule has 2 aliphatic rings. The fourth-order valence-electron chi connectivity index (χ4n) is 2.43. The fourth-order valence-corrected chi connectivity index (χ4v) is 3.60. The number of thioether (sulfide) groups is 1. The first-order valence-electron chi connectivity index (χ1n) is 6.85. The highest BCUT2D eigenvalue weighted by Gasteiger charge is 2.44. The lowest BCUT2D eigenvalue weighted by atomic mass is 10.2. The summed E-state index contributed by atoms with van der Waals surface area (Å²) in [6.07, 6.45) is 2.09. The predicted molar refractivity (Wildman–Crippen MR) is 75.1 cm³/mol. The second-order valence-electron chi connectivity index (χ2n) is 5.75. The van der Waals surface area contributed by atoms with Gasteiger partial charge in [-0.05, 0) is 25.7 Å². The van der Waals surface area contributed by atoms with Gasteiger partial charge in [-0.25, -0.2) is 9.59 Å². The molecule has 0 radical (unpaired) electrons. The van der Waals surface area contributed by atoms with Gasteiger partial charge in [-0.15, -0.1) is 11.8 Å². The second kappa shape index (κ2) is 5.61. The van der Waals surface area contributed by atoms with E-state index in [1.54, 1.807) is 4.90 Å². The first-order chi connectivity index (χ1) is 8.91. The minimum Gasteiger partial charge on any atom is -0.480 e. The monoisotopic (exact) mass is 286 g/mol. The molecule has 2 fully saturated rings. The van der Waals surface area contributed by atoms with Gasteiger partial charge in [0, 0.05) is 18.3 Å². The Kier molecular flexibility index (Phi) is 4.28. The highest BCUT2D eigenvalue weighted by atomic mass is 32.2. The van der Waals surface area contributed by atoms with Crippen molar-refractivity contribution in [3.05, 3.63) is 0 Å². The van der Waals surface area contributed by atoms with Crippen molar-refractivity contribution in [3.63, 3.8) is 0 Å². The van der Waals surface area contributed by atoms with E-state index >= 15 is 0 Å². The zero-order chi connectivity index (χ0) is 14.2. The molecule has 0 aromatic carbocycles. The van der Waals surface area contributed by atoms with Crippen LogP contribution < -0.4 is 0 Å². The van der Waals surface area contributed by atoms with E-state index in [4.69, 9.17) is 0 Å². The van der Waals surface area contributed by atoms with E-state index in [1.165, 1.54) is 11.8 Å². The summed E-state index contributed by atoms with van der Waals surface area (Å²) in [7, 11) is 0. The molecule has 1 heterocycles. The standard InChI is InChI=1S/C13H22N2O3S/c1-8(2)6-14(10-4-5-10)13(18)15-9(3)19-7-11(15)12(16)17/h8-11H,4-7H2,1-3H3,(H,16,17). The highest BCUT2D eigenvalue weighted by Crippen LogP contribution is 2.34. The quantitative estimate of drug-likeness (QED) is 0.859. The van der Waals surface area contributed by atoms with Crippen molar-refractivity contribution >= 4 is 23.8 Å². The highest BCUT2D eigenvalue weighted by molar-refractivity contribution is 8.00. The maximum absolute atomic E-state index is 12.7. The Morgan fingerprint density at radius 2 is 2.05 bits per heavy atom. The maximum atomic E-state index is 12.7. The molecule has 108 valence electrons. The minimum atomic E-state index is -0.898. The molecule has 1 N–H and O–H groups in total. The number of carbonyl (C=O) groups excluding carboxylic acids is 1. The molecule has 0 bridgehead atoms. The molecular weight excluding hydrogens is 264 g/mol. The molecule has 1 aliphatic carbocycles. The number of aliphatic carboxylic acids is 1. The van der Waals surface area contributed by atoms with Crippen LogP contribution in [0.1, 0.15) is 33.6 Å². The minimum absolute atomic E-state index is 0.0537. The SMILES string of the molecule is CC(C)CN(C(=O)N1C(C)SCC1C(=O)O)C1CC1. The van der Waals surface area contributed by atoms with Gasteiger partial charge in [-0.1, -0.05) is 13.8 Å². The lowest BCUT2D eigenvalue weighted by Gasteiger charge is -2.33. The summed E-state index contributed by atoms with van der Waals surface area (Å²) in [5.41, 5.74) is 0. The number of hydrogen-bond donors (Lipinski definition) is 1. The smallest absolute Gasteiger partial charge is 0.327 e. The Labute approximate surface area is 118 Å².